The maximum absolute atomic E-state index is 6.54. The van der Waals surface area contributed by atoms with E-state index in [4.69, 9.17) is 11.5 Å². The molecule has 4 rings (SSSR count). The van der Waals surface area contributed by atoms with Gasteiger partial charge in [0, 0.05) is 12.1 Å². The molecule has 0 aromatic rings. The Balaban J connectivity index is 1.73. The molecule has 0 aromatic heterocycles. The minimum Gasteiger partial charge on any atom is -0.327 e. The lowest BCUT2D eigenvalue weighted by Gasteiger charge is -2.61. The van der Waals surface area contributed by atoms with Crippen LogP contribution in [0, 0.1) is 40.9 Å². The largest absolute Gasteiger partial charge is 0.327 e. The second-order valence-electron chi connectivity index (χ2n) is 12.0. The van der Waals surface area contributed by atoms with Gasteiger partial charge in [0.1, 0.15) is 0 Å². The van der Waals surface area contributed by atoms with E-state index in [1.54, 1.807) is 0 Å². The minimum atomic E-state index is 0.445. The van der Waals surface area contributed by atoms with Crippen molar-refractivity contribution in [2.24, 2.45) is 52.4 Å². The molecule has 0 aromatic carbocycles. The van der Waals surface area contributed by atoms with Gasteiger partial charge in [-0.15, -0.1) is 0 Å². The Hall–Kier alpha value is -0.0800. The fourth-order valence-electron chi connectivity index (χ4n) is 8.95. The molecule has 6 unspecified atom stereocenters. The van der Waals surface area contributed by atoms with Gasteiger partial charge in [0.25, 0.3) is 0 Å². The van der Waals surface area contributed by atoms with Gasteiger partial charge >= 0.3 is 0 Å². The van der Waals surface area contributed by atoms with Crippen molar-refractivity contribution in [3.63, 3.8) is 0 Å². The fourth-order valence-corrected chi connectivity index (χ4v) is 8.95. The molecule has 4 N–H and O–H groups in total. The van der Waals surface area contributed by atoms with E-state index in [0.29, 0.717) is 29.3 Å². The third-order valence-electron chi connectivity index (χ3n) is 10.5. The van der Waals surface area contributed by atoms with Crippen LogP contribution in [0.5, 0.6) is 0 Å². The molecule has 0 radical (unpaired) electrons. The summed E-state index contributed by atoms with van der Waals surface area (Å²) in [5.74, 6) is 5.24. The highest BCUT2D eigenvalue weighted by molar-refractivity contribution is 5.06. The second kappa shape index (κ2) is 9.60. The zero-order chi connectivity index (χ0) is 20.4. The van der Waals surface area contributed by atoms with Crippen LogP contribution in [0.1, 0.15) is 117 Å². The van der Waals surface area contributed by atoms with Gasteiger partial charge in [-0.1, -0.05) is 52.4 Å². The van der Waals surface area contributed by atoms with E-state index in [2.05, 4.69) is 13.8 Å². The van der Waals surface area contributed by atoms with Crippen LogP contribution in [0.3, 0.4) is 0 Å². The molecule has 168 valence electrons. The van der Waals surface area contributed by atoms with Crippen molar-refractivity contribution < 1.29 is 0 Å². The molecular formula is C27H50N2. The second-order valence-corrected chi connectivity index (χ2v) is 12.0. The predicted molar refractivity (Wildman–Crippen MR) is 125 cm³/mol. The van der Waals surface area contributed by atoms with Crippen molar-refractivity contribution in [3.05, 3.63) is 0 Å². The van der Waals surface area contributed by atoms with Crippen LogP contribution in [-0.4, -0.2) is 12.1 Å². The molecule has 2 nitrogen and oxygen atoms in total. The summed E-state index contributed by atoms with van der Waals surface area (Å²) in [6.45, 7) is 4.92. The van der Waals surface area contributed by atoms with E-state index in [-0.39, 0.29) is 0 Å². The average Bonchev–Trinajstić information content (AvgIpc) is 2.75. The monoisotopic (exact) mass is 402 g/mol. The molecule has 0 spiro atoms. The van der Waals surface area contributed by atoms with Crippen molar-refractivity contribution in [2.75, 3.05) is 0 Å². The van der Waals surface area contributed by atoms with Crippen LogP contribution in [0.25, 0.3) is 0 Å². The van der Waals surface area contributed by atoms with Crippen LogP contribution in [0.2, 0.25) is 0 Å². The first kappa shape index (κ1) is 22.1. The van der Waals surface area contributed by atoms with Gasteiger partial charge in [-0.3, -0.25) is 0 Å². The quantitative estimate of drug-likeness (QED) is 0.552. The summed E-state index contributed by atoms with van der Waals surface area (Å²) in [6, 6.07) is 0.890. The molecule has 2 heteroatoms. The predicted octanol–water partition coefficient (Wildman–Crippen LogP) is 6.66. The Kier molecular flexibility index (Phi) is 7.32. The summed E-state index contributed by atoms with van der Waals surface area (Å²) >= 11 is 0. The van der Waals surface area contributed by atoms with Crippen molar-refractivity contribution >= 4 is 0 Å². The normalized spacial score (nSPS) is 41.4. The standard InChI is InChI=1S/C27H50N2/c1-19-17-23(13-15-25(19)28)27(21-9-5-3-6-10-21,22-11-7-4-8-12-22)24-14-16-26(29)20(2)18-24/h19-26H,3-18,28-29H2,1-2H3. The van der Waals surface area contributed by atoms with E-state index in [0.717, 1.165) is 23.7 Å². The summed E-state index contributed by atoms with van der Waals surface area (Å²) < 4.78 is 0. The Morgan fingerprint density at radius 2 is 0.862 bits per heavy atom. The third-order valence-corrected chi connectivity index (χ3v) is 10.5. The van der Waals surface area contributed by atoms with Gasteiger partial charge in [-0.2, -0.15) is 0 Å². The van der Waals surface area contributed by atoms with Crippen LogP contribution in [0.4, 0.5) is 0 Å². The highest BCUT2D eigenvalue weighted by atomic mass is 14.7. The lowest BCUT2D eigenvalue weighted by atomic mass is 9.44. The summed E-state index contributed by atoms with van der Waals surface area (Å²) in [7, 11) is 0. The van der Waals surface area contributed by atoms with Crippen molar-refractivity contribution in [1.82, 2.24) is 0 Å². The summed E-state index contributed by atoms with van der Waals surface area (Å²) in [5, 5.41) is 0. The molecule has 6 atom stereocenters. The molecule has 0 heterocycles. The van der Waals surface area contributed by atoms with Gasteiger partial charge in [-0.05, 0) is 105 Å². The van der Waals surface area contributed by atoms with Gasteiger partial charge in [0.05, 0.1) is 0 Å². The first-order chi connectivity index (χ1) is 14.0. The topological polar surface area (TPSA) is 52.0 Å². The maximum atomic E-state index is 6.54. The summed E-state index contributed by atoms with van der Waals surface area (Å²) in [4.78, 5) is 0. The summed E-state index contributed by atoms with van der Waals surface area (Å²) in [6.07, 6.45) is 23.2. The summed E-state index contributed by atoms with van der Waals surface area (Å²) in [5.41, 5.74) is 13.7. The van der Waals surface area contributed by atoms with Crippen molar-refractivity contribution in [2.45, 2.75) is 129 Å². The Morgan fingerprint density at radius 1 is 0.483 bits per heavy atom. The molecule has 4 aliphatic carbocycles. The first-order valence-electron chi connectivity index (χ1n) is 13.5. The van der Waals surface area contributed by atoms with Gasteiger partial charge in [0.15, 0.2) is 0 Å². The average molecular weight is 403 g/mol. The first-order valence-corrected chi connectivity index (χ1v) is 13.5. The molecule has 0 aliphatic heterocycles. The van der Waals surface area contributed by atoms with Crippen LogP contribution in [-0.2, 0) is 0 Å². The molecule has 4 saturated carbocycles. The zero-order valence-corrected chi connectivity index (χ0v) is 19.6. The number of hydrogen-bond donors (Lipinski definition) is 2. The van der Waals surface area contributed by atoms with E-state index < -0.39 is 0 Å². The molecule has 0 bridgehead atoms. The fraction of sp³-hybridized carbons (Fsp3) is 1.00. The highest BCUT2D eigenvalue weighted by Gasteiger charge is 2.56. The van der Waals surface area contributed by atoms with Crippen molar-refractivity contribution in [1.29, 1.82) is 0 Å². The van der Waals surface area contributed by atoms with Crippen LogP contribution in [0.15, 0.2) is 0 Å². The van der Waals surface area contributed by atoms with Crippen molar-refractivity contribution in [3.8, 4) is 0 Å². The van der Waals surface area contributed by atoms with Crippen LogP contribution < -0.4 is 11.5 Å². The highest BCUT2D eigenvalue weighted by Crippen LogP contribution is 2.63. The van der Waals surface area contributed by atoms with E-state index in [1.807, 2.05) is 0 Å². The number of rotatable bonds is 4. The molecule has 0 amide bonds. The Morgan fingerprint density at radius 3 is 1.21 bits per heavy atom. The minimum absolute atomic E-state index is 0.445. The molecule has 4 fully saturated rings. The molecule has 0 saturated heterocycles. The SMILES string of the molecule is CC1CC(C(C2CCCCC2)(C2CCCCC2)C2CCC(N)C(C)C2)CCC1N. The van der Waals surface area contributed by atoms with Gasteiger partial charge in [0.2, 0.25) is 0 Å². The van der Waals surface area contributed by atoms with Gasteiger partial charge in [-0.25, -0.2) is 0 Å². The van der Waals surface area contributed by atoms with E-state index >= 15 is 0 Å². The smallest absolute Gasteiger partial charge is 0.00647 e. The van der Waals surface area contributed by atoms with Gasteiger partial charge < -0.3 is 11.5 Å². The maximum Gasteiger partial charge on any atom is 0.00647 e. The lowest BCUT2D eigenvalue weighted by molar-refractivity contribution is -0.118. The molecule has 4 aliphatic rings. The zero-order valence-electron chi connectivity index (χ0n) is 19.6. The third kappa shape index (κ3) is 4.32. The lowest BCUT2D eigenvalue weighted by Crippen LogP contribution is -2.55. The van der Waals surface area contributed by atoms with E-state index in [1.165, 1.54) is 103 Å². The number of hydrogen-bond acceptors (Lipinski definition) is 2. The Bertz CT molecular complexity index is 459. The van der Waals surface area contributed by atoms with E-state index in [9.17, 15) is 0 Å². The molecule has 29 heavy (non-hydrogen) atoms. The Labute approximate surface area is 181 Å². The van der Waals surface area contributed by atoms with Crippen LogP contribution >= 0.6 is 0 Å². The molecular weight excluding hydrogens is 352 g/mol. The number of nitrogens with two attached hydrogens (primary N) is 2.